The monoisotopic (exact) mass is 370 g/mol. The first-order chi connectivity index (χ1) is 12.8. The number of carbonyl (C=O) groups is 1. The van der Waals surface area contributed by atoms with Crippen LogP contribution in [0.3, 0.4) is 0 Å². The van der Waals surface area contributed by atoms with Gasteiger partial charge in [-0.2, -0.15) is 11.8 Å². The van der Waals surface area contributed by atoms with Gasteiger partial charge in [0.1, 0.15) is 11.6 Å². The molecule has 0 aliphatic heterocycles. The quantitative estimate of drug-likeness (QED) is 0.692. The summed E-state index contributed by atoms with van der Waals surface area (Å²) in [6.45, 7) is 0. The zero-order valence-corrected chi connectivity index (χ0v) is 15.6. The maximum atomic E-state index is 12.9. The van der Waals surface area contributed by atoms with E-state index in [1.54, 1.807) is 11.8 Å². The molecule has 2 heterocycles. The molecule has 2 aromatic heterocycles. The van der Waals surface area contributed by atoms with E-state index < -0.39 is 0 Å². The molecule has 0 fully saturated rings. The number of para-hydroxylation sites is 2. The van der Waals surface area contributed by atoms with Crippen LogP contribution in [0.25, 0.3) is 11.0 Å². The largest absolute Gasteiger partial charge is 0.360 e. The van der Waals surface area contributed by atoms with Crippen molar-refractivity contribution in [3.63, 3.8) is 0 Å². The lowest BCUT2D eigenvalue weighted by molar-refractivity contribution is 0.0924. The summed E-state index contributed by atoms with van der Waals surface area (Å²) in [7, 11) is 0. The minimum atomic E-state index is -0.182. The molecule has 0 saturated heterocycles. The lowest BCUT2D eigenvalue weighted by atomic mass is 9.96. The fraction of sp³-hybridized carbons (Fsp3) is 0.421. The van der Waals surface area contributed by atoms with Crippen molar-refractivity contribution in [3.8, 4) is 0 Å². The van der Waals surface area contributed by atoms with Crippen molar-refractivity contribution in [2.45, 2.75) is 38.1 Å². The zero-order chi connectivity index (χ0) is 17.9. The van der Waals surface area contributed by atoms with Crippen LogP contribution in [0.4, 0.5) is 0 Å². The molecule has 0 saturated carbocycles. The number of rotatable bonds is 6. The molecule has 4 rings (SSSR count). The number of carbonyl (C=O) groups excluding carboxylic acids is 1. The van der Waals surface area contributed by atoms with Crippen molar-refractivity contribution in [2.24, 2.45) is 0 Å². The minimum Gasteiger partial charge on any atom is -0.360 e. The number of nitrogens with one attached hydrogen (secondary N) is 2. The van der Waals surface area contributed by atoms with Crippen LogP contribution < -0.4 is 5.32 Å². The summed E-state index contributed by atoms with van der Waals surface area (Å²) in [6.07, 6.45) is 6.77. The summed E-state index contributed by atoms with van der Waals surface area (Å²) < 4.78 is 5.39. The van der Waals surface area contributed by atoms with Gasteiger partial charge in [-0.05, 0) is 49.8 Å². The Morgan fingerprint density at radius 2 is 2.19 bits per heavy atom. The topological polar surface area (TPSA) is 83.8 Å². The highest BCUT2D eigenvalue weighted by molar-refractivity contribution is 7.98. The van der Waals surface area contributed by atoms with E-state index in [-0.39, 0.29) is 11.9 Å². The minimum absolute atomic E-state index is 0.177. The molecule has 1 aliphatic carbocycles. The molecular weight excluding hydrogens is 348 g/mol. The molecule has 6 nitrogen and oxygen atoms in total. The van der Waals surface area contributed by atoms with E-state index in [1.165, 1.54) is 0 Å². The molecular formula is C19H22N4O2S. The second-order valence-electron chi connectivity index (χ2n) is 6.59. The highest BCUT2D eigenvalue weighted by Gasteiger charge is 2.26. The van der Waals surface area contributed by atoms with Gasteiger partial charge in [-0.25, -0.2) is 4.98 Å². The zero-order valence-electron chi connectivity index (χ0n) is 14.7. The van der Waals surface area contributed by atoms with Crippen molar-refractivity contribution < 1.29 is 9.32 Å². The first kappa shape index (κ1) is 17.1. The van der Waals surface area contributed by atoms with Crippen LogP contribution in [0.5, 0.6) is 0 Å². The Balaban J connectivity index is 1.58. The molecule has 26 heavy (non-hydrogen) atoms. The SMILES string of the molecule is CSCC[C@H](NC(=O)c1noc2c1CCCC2)c1nc2ccccc2[nH]1. The molecule has 0 radical (unpaired) electrons. The van der Waals surface area contributed by atoms with E-state index in [9.17, 15) is 4.79 Å². The number of aromatic amines is 1. The predicted molar refractivity (Wildman–Crippen MR) is 102 cm³/mol. The fourth-order valence-corrected chi connectivity index (χ4v) is 3.91. The van der Waals surface area contributed by atoms with Gasteiger partial charge in [-0.3, -0.25) is 4.79 Å². The number of hydrogen-bond donors (Lipinski definition) is 2. The number of fused-ring (bicyclic) bond motifs is 2. The van der Waals surface area contributed by atoms with Crippen LogP contribution in [0.2, 0.25) is 0 Å². The van der Waals surface area contributed by atoms with E-state index in [2.05, 4.69) is 26.7 Å². The number of imidazole rings is 1. The number of benzene rings is 1. The molecule has 1 aromatic carbocycles. The van der Waals surface area contributed by atoms with Crippen LogP contribution in [-0.2, 0) is 12.8 Å². The number of hydrogen-bond acceptors (Lipinski definition) is 5. The van der Waals surface area contributed by atoms with Gasteiger partial charge in [-0.15, -0.1) is 0 Å². The molecule has 3 aromatic rings. The normalized spacial score (nSPS) is 15.0. The number of thioether (sulfide) groups is 1. The number of nitrogens with zero attached hydrogens (tertiary/aromatic N) is 2. The highest BCUT2D eigenvalue weighted by atomic mass is 32.2. The van der Waals surface area contributed by atoms with Gasteiger partial charge in [0.25, 0.3) is 5.91 Å². The molecule has 0 unspecified atom stereocenters. The lowest BCUT2D eigenvalue weighted by Crippen LogP contribution is -2.31. The molecule has 7 heteroatoms. The van der Waals surface area contributed by atoms with Gasteiger partial charge in [0, 0.05) is 12.0 Å². The maximum Gasteiger partial charge on any atom is 0.274 e. The number of aryl methyl sites for hydroxylation is 1. The van der Waals surface area contributed by atoms with Crippen molar-refractivity contribution in [1.29, 1.82) is 0 Å². The molecule has 0 bridgehead atoms. The fourth-order valence-electron chi connectivity index (χ4n) is 3.44. The molecule has 136 valence electrons. The predicted octanol–water partition coefficient (Wildman–Crippen LogP) is 3.65. The van der Waals surface area contributed by atoms with Gasteiger partial charge in [0.05, 0.1) is 17.1 Å². The third-order valence-corrected chi connectivity index (χ3v) is 5.46. The number of aromatic nitrogens is 3. The van der Waals surface area contributed by atoms with Crippen LogP contribution in [0.1, 0.15) is 52.9 Å². The Bertz CT molecular complexity index is 884. The number of amides is 1. The van der Waals surface area contributed by atoms with Gasteiger partial charge in [-0.1, -0.05) is 17.3 Å². The first-order valence-electron chi connectivity index (χ1n) is 8.98. The lowest BCUT2D eigenvalue weighted by Gasteiger charge is -2.16. The van der Waals surface area contributed by atoms with Crippen LogP contribution in [0, 0.1) is 0 Å². The van der Waals surface area contributed by atoms with Crippen molar-refractivity contribution in [3.05, 3.63) is 47.1 Å². The summed E-state index contributed by atoms with van der Waals surface area (Å²) in [4.78, 5) is 20.9. The van der Waals surface area contributed by atoms with E-state index in [0.29, 0.717) is 5.69 Å². The maximum absolute atomic E-state index is 12.9. The Kier molecular flexibility index (Phi) is 4.97. The average molecular weight is 370 g/mol. The Labute approximate surface area is 156 Å². The third-order valence-electron chi connectivity index (χ3n) is 4.82. The summed E-state index contributed by atoms with van der Waals surface area (Å²) in [5.41, 5.74) is 3.29. The molecule has 1 atom stereocenters. The smallest absolute Gasteiger partial charge is 0.274 e. The standard InChI is InChI=1S/C19H22N4O2S/c1-26-11-10-15(18-20-13-7-3-4-8-14(13)21-18)22-19(24)17-12-6-2-5-9-16(12)25-23-17/h3-4,7-8,15H,2,5-6,9-11H2,1H3,(H,20,21)(H,22,24)/t15-/m0/s1. The van der Waals surface area contributed by atoms with Gasteiger partial charge >= 0.3 is 0 Å². The second kappa shape index (κ2) is 7.53. The van der Waals surface area contributed by atoms with E-state index in [1.807, 2.05) is 24.3 Å². The number of H-pyrrole nitrogens is 1. The summed E-state index contributed by atoms with van der Waals surface area (Å²) in [5, 5.41) is 7.16. The van der Waals surface area contributed by atoms with E-state index in [4.69, 9.17) is 4.52 Å². The van der Waals surface area contributed by atoms with Gasteiger partial charge in [0.2, 0.25) is 0 Å². The average Bonchev–Trinajstić information content (AvgIpc) is 3.29. The van der Waals surface area contributed by atoms with E-state index in [0.717, 1.165) is 66.0 Å². The summed E-state index contributed by atoms with van der Waals surface area (Å²) >= 11 is 1.75. The third kappa shape index (κ3) is 3.35. The second-order valence-corrected chi connectivity index (χ2v) is 7.57. The Morgan fingerprint density at radius 3 is 3.04 bits per heavy atom. The Morgan fingerprint density at radius 1 is 1.35 bits per heavy atom. The summed E-state index contributed by atoms with van der Waals surface area (Å²) in [6, 6.07) is 7.72. The van der Waals surface area contributed by atoms with E-state index >= 15 is 0 Å². The van der Waals surface area contributed by atoms with Crippen LogP contribution in [0.15, 0.2) is 28.8 Å². The highest BCUT2D eigenvalue weighted by Crippen LogP contribution is 2.25. The van der Waals surface area contributed by atoms with Crippen molar-refractivity contribution in [2.75, 3.05) is 12.0 Å². The Hall–Kier alpha value is -2.28. The van der Waals surface area contributed by atoms with Crippen LogP contribution >= 0.6 is 11.8 Å². The molecule has 0 spiro atoms. The first-order valence-corrected chi connectivity index (χ1v) is 10.4. The summed E-state index contributed by atoms with van der Waals surface area (Å²) in [5.74, 6) is 2.40. The molecule has 2 N–H and O–H groups in total. The molecule has 1 aliphatic rings. The van der Waals surface area contributed by atoms with Crippen molar-refractivity contribution in [1.82, 2.24) is 20.4 Å². The van der Waals surface area contributed by atoms with Gasteiger partial charge < -0.3 is 14.8 Å². The van der Waals surface area contributed by atoms with Crippen LogP contribution in [-0.4, -0.2) is 33.0 Å². The molecule has 1 amide bonds. The van der Waals surface area contributed by atoms with Crippen molar-refractivity contribution >= 4 is 28.7 Å². The van der Waals surface area contributed by atoms with Gasteiger partial charge in [0.15, 0.2) is 5.69 Å².